The van der Waals surface area contributed by atoms with E-state index in [-0.39, 0.29) is 65.4 Å². The second kappa shape index (κ2) is 15.7. The first kappa shape index (κ1) is 16.1. The molecule has 0 aromatic carbocycles. The first-order valence-corrected chi connectivity index (χ1v) is 1.97. The smallest absolute Gasteiger partial charge is 0 e. The van der Waals surface area contributed by atoms with Gasteiger partial charge in [0.2, 0.25) is 0 Å². The van der Waals surface area contributed by atoms with Gasteiger partial charge in [-0.2, -0.15) is 7.05 Å². The molecule has 0 aliphatic heterocycles. The van der Waals surface area contributed by atoms with E-state index in [1.54, 1.807) is 0 Å². The summed E-state index contributed by atoms with van der Waals surface area (Å²) in [5.74, 6) is 0. The third-order valence-corrected chi connectivity index (χ3v) is 0.447. The van der Waals surface area contributed by atoms with Crippen molar-refractivity contribution in [3.63, 3.8) is 0 Å². The normalized spacial score (nSPS) is 6.00. The third kappa shape index (κ3) is 17.9. The molecule has 0 aromatic heterocycles. The van der Waals surface area contributed by atoms with Crippen LogP contribution >= 0.6 is 0 Å². The van der Waals surface area contributed by atoms with Crippen molar-refractivity contribution in [2.45, 2.75) is 13.3 Å². The van der Waals surface area contributed by atoms with Crippen LogP contribution in [0.4, 0.5) is 0 Å². The van der Waals surface area contributed by atoms with Crippen molar-refractivity contribution < 1.29 is 65.4 Å². The van der Waals surface area contributed by atoms with Gasteiger partial charge in [0, 0.05) is 65.4 Å². The zero-order valence-electron chi connectivity index (χ0n) is 5.02. The summed E-state index contributed by atoms with van der Waals surface area (Å²) >= 11 is 0. The maximum Gasteiger partial charge on any atom is 0 e. The van der Waals surface area contributed by atoms with Gasteiger partial charge in [-0.05, 0) is 0 Å². The van der Waals surface area contributed by atoms with Crippen molar-refractivity contribution in [2.24, 2.45) is 0 Å². The average Bonchev–Trinajstić information content (AvgIpc) is 1.41. The predicted octanol–water partition coefficient (Wildman–Crippen LogP) is 1.39. The average molecular weight is 250 g/mol. The van der Waals surface area contributed by atoms with Crippen molar-refractivity contribution in [3.05, 3.63) is 5.32 Å². The Hall–Kier alpha value is 2.17. The number of hydrogen-bond acceptors (Lipinski definition) is 0. The number of hydrogen-bond donors (Lipinski definition) is 0. The van der Waals surface area contributed by atoms with Gasteiger partial charge in [0.1, 0.15) is 0 Å². The summed E-state index contributed by atoms with van der Waals surface area (Å²) in [4.78, 5) is 0. The zero-order valence-corrected chi connectivity index (χ0v) is 10.7. The molecule has 0 aromatic rings. The maximum atomic E-state index is 3.85. The molecule has 0 atom stereocenters. The first-order chi connectivity index (χ1) is 2.41. The Bertz CT molecular complexity index is 17.2. The Morgan fingerprint density at radius 3 is 1.71 bits per heavy atom. The van der Waals surface area contributed by atoms with E-state index in [1.807, 2.05) is 7.05 Å². The molecule has 2 radical (unpaired) electrons. The quantitative estimate of drug-likeness (QED) is 0.703. The molecule has 0 unspecified atom stereocenters. The molecule has 7 heavy (non-hydrogen) atoms. The number of rotatable bonds is 2. The van der Waals surface area contributed by atoms with E-state index in [0.29, 0.717) is 0 Å². The second-order valence-electron chi connectivity index (χ2n) is 1.04. The first-order valence-electron chi connectivity index (χ1n) is 1.97. The topological polar surface area (TPSA) is 14.1 Å². The van der Waals surface area contributed by atoms with E-state index in [1.165, 1.54) is 6.42 Å². The van der Waals surface area contributed by atoms with Crippen LogP contribution in [0, 0.1) is 0 Å². The Labute approximate surface area is 96.2 Å². The second-order valence-corrected chi connectivity index (χ2v) is 1.04. The molecule has 0 rings (SSSR count). The van der Waals surface area contributed by atoms with Crippen molar-refractivity contribution in [2.75, 3.05) is 13.6 Å². The Morgan fingerprint density at radius 1 is 1.29 bits per heavy atom. The number of nitrogens with zero attached hydrogens (tertiary/aromatic N) is 1. The third-order valence-electron chi connectivity index (χ3n) is 0.447. The SMILES string of the molecule is CCC[N-]C.[Y].[Y]. The molecule has 0 saturated heterocycles. The van der Waals surface area contributed by atoms with Gasteiger partial charge in [-0.3, -0.25) is 0 Å². The van der Waals surface area contributed by atoms with E-state index in [4.69, 9.17) is 0 Å². The van der Waals surface area contributed by atoms with Crippen LogP contribution in [-0.2, 0) is 65.4 Å². The largest absolute Gasteiger partial charge is 0.665 e. The molecular weight excluding hydrogens is 240 g/mol. The van der Waals surface area contributed by atoms with E-state index < -0.39 is 0 Å². The molecule has 0 bridgehead atoms. The molecule has 0 amide bonds. The van der Waals surface area contributed by atoms with Crippen LogP contribution < -0.4 is 0 Å². The van der Waals surface area contributed by atoms with Gasteiger partial charge >= 0.3 is 0 Å². The molecule has 38 valence electrons. The Balaban J connectivity index is -0.0000000800. The summed E-state index contributed by atoms with van der Waals surface area (Å²) < 4.78 is 0. The molecule has 0 spiro atoms. The molecular formula is C4H10NY2-. The van der Waals surface area contributed by atoms with Gasteiger partial charge in [-0.15, -0.1) is 6.54 Å². The van der Waals surface area contributed by atoms with E-state index in [9.17, 15) is 0 Å². The monoisotopic (exact) mass is 250 g/mol. The van der Waals surface area contributed by atoms with Gasteiger partial charge in [0.15, 0.2) is 0 Å². The molecule has 0 aliphatic rings. The minimum Gasteiger partial charge on any atom is -0.665 e. The molecule has 0 saturated carbocycles. The molecule has 0 fully saturated rings. The van der Waals surface area contributed by atoms with Crippen LogP contribution in [0.15, 0.2) is 0 Å². The summed E-state index contributed by atoms with van der Waals surface area (Å²) in [6, 6.07) is 0. The predicted molar refractivity (Wildman–Crippen MR) is 24.4 cm³/mol. The molecule has 3 heteroatoms. The summed E-state index contributed by atoms with van der Waals surface area (Å²) in [5.41, 5.74) is 0. The minimum atomic E-state index is 0. The molecule has 1 nitrogen and oxygen atoms in total. The molecule has 0 aliphatic carbocycles. The van der Waals surface area contributed by atoms with Gasteiger partial charge < -0.3 is 5.32 Å². The van der Waals surface area contributed by atoms with Crippen molar-refractivity contribution in [1.82, 2.24) is 0 Å². The molecule has 0 heterocycles. The van der Waals surface area contributed by atoms with Crippen molar-refractivity contribution >= 4 is 0 Å². The van der Waals surface area contributed by atoms with Gasteiger partial charge in [-0.25, -0.2) is 0 Å². The van der Waals surface area contributed by atoms with Crippen LogP contribution in [0.3, 0.4) is 0 Å². The van der Waals surface area contributed by atoms with Gasteiger partial charge in [0.25, 0.3) is 0 Å². The van der Waals surface area contributed by atoms with Crippen LogP contribution in [-0.4, -0.2) is 13.6 Å². The van der Waals surface area contributed by atoms with E-state index in [2.05, 4.69) is 12.2 Å². The Morgan fingerprint density at radius 2 is 1.71 bits per heavy atom. The fraction of sp³-hybridized carbons (Fsp3) is 1.00. The van der Waals surface area contributed by atoms with Crippen LogP contribution in [0.25, 0.3) is 5.32 Å². The summed E-state index contributed by atoms with van der Waals surface area (Å²) in [6.45, 7) is 3.13. The van der Waals surface area contributed by atoms with Crippen LogP contribution in [0.1, 0.15) is 13.3 Å². The summed E-state index contributed by atoms with van der Waals surface area (Å²) in [6.07, 6.45) is 1.18. The standard InChI is InChI=1S/C4H10N.2Y/c1-3-4-5-2;;/h3-4H2,1-2H3;;/q-1;;. The van der Waals surface area contributed by atoms with Crippen molar-refractivity contribution in [3.8, 4) is 0 Å². The molecule has 0 N–H and O–H groups in total. The summed E-state index contributed by atoms with van der Waals surface area (Å²) in [5, 5.41) is 3.85. The maximum absolute atomic E-state index is 3.85. The van der Waals surface area contributed by atoms with Crippen LogP contribution in [0.5, 0.6) is 0 Å². The van der Waals surface area contributed by atoms with Gasteiger partial charge in [0.05, 0.1) is 0 Å². The Kier molecular flexibility index (Phi) is 36.1. The minimum absolute atomic E-state index is 0. The zero-order chi connectivity index (χ0) is 4.12. The van der Waals surface area contributed by atoms with E-state index >= 15 is 0 Å². The fourth-order valence-electron chi connectivity index (χ4n) is 0.224. The fourth-order valence-corrected chi connectivity index (χ4v) is 0.224. The van der Waals surface area contributed by atoms with E-state index in [0.717, 1.165) is 6.54 Å². The van der Waals surface area contributed by atoms with Gasteiger partial charge in [-0.1, -0.05) is 13.3 Å². The van der Waals surface area contributed by atoms with Crippen LogP contribution in [0.2, 0.25) is 0 Å². The van der Waals surface area contributed by atoms with Crippen molar-refractivity contribution in [1.29, 1.82) is 0 Å². The summed E-state index contributed by atoms with van der Waals surface area (Å²) in [7, 11) is 1.84.